The number of halogens is 4. The first-order chi connectivity index (χ1) is 30.9. The highest BCUT2D eigenvalue weighted by Gasteiger charge is 2.45. The van der Waals surface area contributed by atoms with Crippen molar-refractivity contribution < 1.29 is 46.3 Å². The number of hydrogen-bond donors (Lipinski definition) is 4. The maximum absolute atomic E-state index is 15.8. The zero-order valence-corrected chi connectivity index (χ0v) is 36.1. The van der Waals surface area contributed by atoms with Crippen LogP contribution in [0.5, 0.6) is 0 Å². The van der Waals surface area contributed by atoms with Gasteiger partial charge in [-0.15, -0.1) is 0 Å². The molecule has 0 radical (unpaired) electrons. The number of piperidine rings is 1. The Hall–Kier alpha value is -6.69. The van der Waals surface area contributed by atoms with Crippen LogP contribution in [0.1, 0.15) is 111 Å². The zero-order valence-electron chi connectivity index (χ0n) is 36.1. The van der Waals surface area contributed by atoms with Crippen molar-refractivity contribution in [2.24, 2.45) is 0 Å². The molecule has 0 spiro atoms. The normalized spacial score (nSPS) is 19.0. The Balaban J connectivity index is 0.942. The molecular formula is C47H49F4N7O7. The number of pyridine rings is 1. The summed E-state index contributed by atoms with van der Waals surface area (Å²) in [6, 6.07) is 13.3. The number of unbranched alkanes of at least 4 members (excludes halogenated alkanes) is 4. The van der Waals surface area contributed by atoms with E-state index in [2.05, 4.69) is 25.8 Å². The molecule has 3 atom stereocenters. The van der Waals surface area contributed by atoms with Crippen molar-refractivity contribution >= 4 is 46.8 Å². The number of nitrogens with zero attached hydrogens (tertiary/aromatic N) is 3. The zero-order chi connectivity index (χ0) is 46.7. The lowest BCUT2D eigenvalue weighted by molar-refractivity contribution is -0.138. The number of amides is 6. The summed E-state index contributed by atoms with van der Waals surface area (Å²) in [6.07, 6.45) is 0.180. The number of alkyl halides is 3. The number of likely N-dealkylation sites (N-methyl/N-ethyl adjacent to an activating group) is 1. The first-order valence-corrected chi connectivity index (χ1v) is 21.6. The van der Waals surface area contributed by atoms with E-state index in [4.69, 9.17) is 0 Å². The largest absolute Gasteiger partial charge is 0.417 e. The molecule has 4 N–H and O–H groups in total. The SMILES string of the molecule is C[C@@H]1CN(c2ccc(-c3ccc(C(=O)NCCCCCCCc4cccc5c4C(=O)N(C4CCC(=O)NC4=O)C5=O)cc3F)cc2NC(=O)c2c[nH]c(=O)cc2C(F)(F)F)C[C@H](C)N1C. The van der Waals surface area contributed by atoms with Crippen LogP contribution in [0.25, 0.3) is 11.1 Å². The molecule has 0 bridgehead atoms. The van der Waals surface area contributed by atoms with Crippen molar-refractivity contribution in [3.63, 3.8) is 0 Å². The summed E-state index contributed by atoms with van der Waals surface area (Å²) in [6.45, 7) is 5.45. The fourth-order valence-electron chi connectivity index (χ4n) is 8.72. The number of piperazine rings is 1. The van der Waals surface area contributed by atoms with E-state index in [9.17, 15) is 46.7 Å². The summed E-state index contributed by atoms with van der Waals surface area (Å²) in [5.74, 6) is -4.52. The molecule has 6 amide bonds. The van der Waals surface area contributed by atoms with Crippen LogP contribution in [0.3, 0.4) is 0 Å². The maximum atomic E-state index is 15.8. The number of hydrogen-bond acceptors (Lipinski definition) is 9. The predicted octanol–water partition coefficient (Wildman–Crippen LogP) is 6.31. The number of aromatic amines is 1. The minimum atomic E-state index is -4.99. The fraction of sp³-hybridized carbons (Fsp3) is 0.383. The third kappa shape index (κ3) is 10.0. The van der Waals surface area contributed by atoms with Gasteiger partial charge < -0.3 is 20.5 Å². The number of anilines is 2. The molecule has 1 aromatic heterocycles. The van der Waals surface area contributed by atoms with E-state index >= 15 is 4.39 Å². The van der Waals surface area contributed by atoms with Crippen molar-refractivity contribution in [3.8, 4) is 11.1 Å². The van der Waals surface area contributed by atoms with Crippen LogP contribution in [-0.4, -0.2) is 95.0 Å². The molecule has 0 saturated carbocycles. The average molecular weight is 900 g/mol. The Morgan fingerprint density at radius 2 is 1.55 bits per heavy atom. The van der Waals surface area contributed by atoms with Gasteiger partial charge in [0.15, 0.2) is 0 Å². The van der Waals surface area contributed by atoms with Crippen LogP contribution >= 0.6 is 0 Å². The molecule has 3 aromatic carbocycles. The Bertz CT molecular complexity index is 2600. The van der Waals surface area contributed by atoms with Crippen LogP contribution in [-0.2, 0) is 22.2 Å². The van der Waals surface area contributed by atoms with Crippen LogP contribution in [0.2, 0.25) is 0 Å². The van der Waals surface area contributed by atoms with E-state index in [0.29, 0.717) is 67.1 Å². The number of benzene rings is 3. The summed E-state index contributed by atoms with van der Waals surface area (Å²) in [7, 11) is 1.99. The van der Waals surface area contributed by atoms with Crippen molar-refractivity contribution in [2.75, 3.05) is 36.9 Å². The van der Waals surface area contributed by atoms with Crippen LogP contribution in [0, 0.1) is 5.82 Å². The second-order valence-electron chi connectivity index (χ2n) is 16.8. The monoisotopic (exact) mass is 899 g/mol. The quantitative estimate of drug-likeness (QED) is 0.0642. The Morgan fingerprint density at radius 1 is 0.831 bits per heavy atom. The van der Waals surface area contributed by atoms with Crippen molar-refractivity contribution in [3.05, 3.63) is 116 Å². The number of aromatic nitrogens is 1. The molecule has 7 rings (SSSR count). The standard InChI is InChI=1S/C47H49F4N7O7/c1-26-24-57(25-27(2)56(26)3)37-16-14-29(21-36(37)54-43(62)33-23-53-40(60)22-34(33)47(49,50)51)31-15-13-30(20-35(31)48)42(61)52-19-8-6-4-5-7-10-28-11-9-12-32-41(28)46(65)58(45(32)64)38-17-18-39(59)55-44(38)63/h9,11-16,20-23,26-27,38H,4-8,10,17-19,24-25H2,1-3H3,(H,52,61)(H,53,60)(H,54,62)(H,55,59,63)/t26-,27+,38?. The molecule has 2 saturated heterocycles. The second-order valence-corrected chi connectivity index (χ2v) is 16.8. The van der Waals surface area contributed by atoms with Gasteiger partial charge in [-0.2, -0.15) is 13.2 Å². The molecule has 3 aliphatic rings. The molecule has 342 valence electrons. The number of carbonyl (C=O) groups is 6. The summed E-state index contributed by atoms with van der Waals surface area (Å²) >= 11 is 0. The van der Waals surface area contributed by atoms with Gasteiger partial charge in [0.2, 0.25) is 17.4 Å². The van der Waals surface area contributed by atoms with Crippen LogP contribution < -0.4 is 26.4 Å². The minimum Gasteiger partial charge on any atom is -0.367 e. The Morgan fingerprint density at radius 3 is 2.26 bits per heavy atom. The van der Waals surface area contributed by atoms with Crippen LogP contribution in [0.4, 0.5) is 28.9 Å². The van der Waals surface area contributed by atoms with Crippen molar-refractivity contribution in [1.82, 2.24) is 25.4 Å². The van der Waals surface area contributed by atoms with Gasteiger partial charge in [-0.05, 0) is 88.0 Å². The molecule has 18 heteroatoms. The highest BCUT2D eigenvalue weighted by molar-refractivity contribution is 6.24. The molecule has 14 nitrogen and oxygen atoms in total. The lowest BCUT2D eigenvalue weighted by Gasteiger charge is -2.44. The van der Waals surface area contributed by atoms with Gasteiger partial charge in [-0.1, -0.05) is 43.5 Å². The molecular weight excluding hydrogens is 851 g/mol. The van der Waals surface area contributed by atoms with E-state index in [0.717, 1.165) is 36.6 Å². The highest BCUT2D eigenvalue weighted by atomic mass is 19.4. The lowest BCUT2D eigenvalue weighted by Crippen LogP contribution is -2.55. The number of rotatable bonds is 14. The summed E-state index contributed by atoms with van der Waals surface area (Å²) in [4.78, 5) is 96.1. The van der Waals surface area contributed by atoms with E-state index < -0.39 is 70.2 Å². The number of fused-ring (bicyclic) bond motifs is 1. The first-order valence-electron chi connectivity index (χ1n) is 21.6. The summed E-state index contributed by atoms with van der Waals surface area (Å²) in [5, 5.41) is 7.60. The fourth-order valence-corrected chi connectivity index (χ4v) is 8.72. The number of nitrogens with one attached hydrogen (secondary N) is 4. The van der Waals surface area contributed by atoms with Crippen molar-refractivity contribution in [2.45, 2.75) is 89.5 Å². The molecule has 1 unspecified atom stereocenters. The smallest absolute Gasteiger partial charge is 0.367 e. The van der Waals surface area contributed by atoms with Gasteiger partial charge in [0, 0.05) is 61.5 Å². The highest BCUT2D eigenvalue weighted by Crippen LogP contribution is 2.37. The third-order valence-electron chi connectivity index (χ3n) is 12.4. The molecule has 0 aliphatic carbocycles. The van der Waals surface area contributed by atoms with E-state index in [1.54, 1.807) is 30.3 Å². The molecule has 2 fully saturated rings. The molecule has 65 heavy (non-hydrogen) atoms. The number of aryl methyl sites for hydroxylation is 1. The number of imide groups is 2. The topological polar surface area (TPSA) is 181 Å². The maximum Gasteiger partial charge on any atom is 0.417 e. The van der Waals surface area contributed by atoms with Crippen LogP contribution in [0.15, 0.2) is 71.7 Å². The van der Waals surface area contributed by atoms with E-state index in [-0.39, 0.29) is 47.3 Å². The first kappa shape index (κ1) is 46.3. The number of H-pyrrole nitrogens is 1. The summed E-state index contributed by atoms with van der Waals surface area (Å²) < 4.78 is 57.5. The Kier molecular flexibility index (Phi) is 13.7. The molecule has 4 aromatic rings. The lowest BCUT2D eigenvalue weighted by atomic mass is 9.97. The predicted molar refractivity (Wildman–Crippen MR) is 233 cm³/mol. The van der Waals surface area contributed by atoms with Gasteiger partial charge in [0.1, 0.15) is 11.9 Å². The van der Waals surface area contributed by atoms with Gasteiger partial charge in [0.25, 0.3) is 23.6 Å². The number of carbonyl (C=O) groups excluding carboxylic acids is 6. The third-order valence-corrected chi connectivity index (χ3v) is 12.4. The van der Waals surface area contributed by atoms with E-state index in [1.165, 1.54) is 18.2 Å². The molecule has 3 aliphatic heterocycles. The van der Waals surface area contributed by atoms with Gasteiger partial charge in [-0.25, -0.2) is 4.39 Å². The van der Waals surface area contributed by atoms with Crippen molar-refractivity contribution in [1.29, 1.82) is 0 Å². The van der Waals surface area contributed by atoms with Gasteiger partial charge in [-0.3, -0.25) is 48.7 Å². The minimum absolute atomic E-state index is 0.0400. The molecule has 4 heterocycles. The Labute approximate surface area is 371 Å². The van der Waals surface area contributed by atoms with Gasteiger partial charge >= 0.3 is 6.18 Å². The summed E-state index contributed by atoms with van der Waals surface area (Å²) in [5.41, 5.74) is -0.851. The van der Waals surface area contributed by atoms with E-state index in [1.807, 2.05) is 25.8 Å². The second kappa shape index (κ2) is 19.2. The van der Waals surface area contributed by atoms with Gasteiger partial charge in [0.05, 0.1) is 33.6 Å². The average Bonchev–Trinajstić information content (AvgIpc) is 3.51.